The molecule has 0 atom stereocenters. The van der Waals surface area contributed by atoms with Gasteiger partial charge in [-0.3, -0.25) is 4.79 Å². The summed E-state index contributed by atoms with van der Waals surface area (Å²) >= 11 is 0. The maximum Gasteiger partial charge on any atom is 0.224 e. The lowest BCUT2D eigenvalue weighted by Crippen LogP contribution is -2.10. The molecule has 0 saturated heterocycles. The third-order valence-electron chi connectivity index (χ3n) is 2.80. The van der Waals surface area contributed by atoms with Crippen LogP contribution in [0.3, 0.4) is 0 Å². The van der Waals surface area contributed by atoms with Gasteiger partial charge in [-0.05, 0) is 41.1 Å². The second kappa shape index (κ2) is 6.08. The van der Waals surface area contributed by atoms with Crippen LogP contribution in [0.25, 0.3) is 11.4 Å². The van der Waals surface area contributed by atoms with E-state index in [0.717, 1.165) is 24.1 Å². The Hall–Kier alpha value is -2.24. The molecule has 1 N–H and O–H groups in total. The summed E-state index contributed by atoms with van der Waals surface area (Å²) < 4.78 is 1.61. The van der Waals surface area contributed by atoms with Gasteiger partial charge in [0.1, 0.15) is 0 Å². The molecule has 0 unspecified atom stereocenters. The summed E-state index contributed by atoms with van der Waals surface area (Å²) in [6.45, 7) is 2.07. The fraction of sp³-hybridized carbons (Fsp3) is 0.385. The molecule has 0 fully saturated rings. The van der Waals surface area contributed by atoms with Crippen LogP contribution in [-0.2, 0) is 11.8 Å². The van der Waals surface area contributed by atoms with E-state index in [9.17, 15) is 4.79 Å². The lowest BCUT2D eigenvalue weighted by atomic mass is 10.2. The van der Waals surface area contributed by atoms with Crippen molar-refractivity contribution in [3.63, 3.8) is 0 Å². The number of tetrazole rings is 1. The second-order valence-corrected chi connectivity index (χ2v) is 4.36. The monoisotopic (exact) mass is 259 g/mol. The van der Waals surface area contributed by atoms with Crippen molar-refractivity contribution in [2.45, 2.75) is 26.2 Å². The van der Waals surface area contributed by atoms with Crippen LogP contribution in [-0.4, -0.2) is 26.1 Å². The summed E-state index contributed by atoms with van der Waals surface area (Å²) in [6, 6.07) is 7.49. The average molecular weight is 259 g/mol. The minimum Gasteiger partial charge on any atom is -0.326 e. The third kappa shape index (κ3) is 3.37. The number of unbranched alkanes of at least 4 members (excludes halogenated alkanes) is 1. The van der Waals surface area contributed by atoms with Crippen molar-refractivity contribution in [2.24, 2.45) is 7.05 Å². The number of nitrogens with one attached hydrogen (secondary N) is 1. The smallest absolute Gasteiger partial charge is 0.224 e. The number of nitrogens with zero attached hydrogens (tertiary/aromatic N) is 4. The van der Waals surface area contributed by atoms with Crippen molar-refractivity contribution in [3.05, 3.63) is 24.3 Å². The van der Waals surface area contributed by atoms with Crippen LogP contribution in [0, 0.1) is 0 Å². The number of carbonyl (C=O) groups is 1. The van der Waals surface area contributed by atoms with Crippen molar-refractivity contribution in [2.75, 3.05) is 5.32 Å². The standard InChI is InChI=1S/C13H17N5O/c1-3-4-5-12(19)14-11-8-6-10(7-9-11)13-15-16-17-18(13)2/h6-9H,3-5H2,1-2H3,(H,14,19). The summed E-state index contributed by atoms with van der Waals surface area (Å²) in [5, 5.41) is 14.2. The van der Waals surface area contributed by atoms with Crippen LogP contribution in [0.1, 0.15) is 26.2 Å². The second-order valence-electron chi connectivity index (χ2n) is 4.36. The average Bonchev–Trinajstić information content (AvgIpc) is 2.83. The largest absolute Gasteiger partial charge is 0.326 e. The lowest BCUT2D eigenvalue weighted by molar-refractivity contribution is -0.116. The quantitative estimate of drug-likeness (QED) is 0.891. The van der Waals surface area contributed by atoms with Gasteiger partial charge in [-0.2, -0.15) is 0 Å². The molecule has 6 nitrogen and oxygen atoms in total. The van der Waals surface area contributed by atoms with E-state index < -0.39 is 0 Å². The zero-order chi connectivity index (χ0) is 13.7. The molecular weight excluding hydrogens is 242 g/mol. The van der Waals surface area contributed by atoms with E-state index in [-0.39, 0.29) is 5.91 Å². The first-order valence-electron chi connectivity index (χ1n) is 6.33. The maximum atomic E-state index is 11.6. The molecule has 0 bridgehead atoms. The first-order chi connectivity index (χ1) is 9.20. The van der Waals surface area contributed by atoms with Gasteiger partial charge in [-0.1, -0.05) is 13.3 Å². The number of aromatic nitrogens is 4. The number of aryl methyl sites for hydroxylation is 1. The summed E-state index contributed by atoms with van der Waals surface area (Å²) in [6.07, 6.45) is 2.49. The van der Waals surface area contributed by atoms with Crippen molar-refractivity contribution < 1.29 is 4.79 Å². The van der Waals surface area contributed by atoms with Gasteiger partial charge in [0.05, 0.1) is 0 Å². The SMILES string of the molecule is CCCCC(=O)Nc1ccc(-c2nnnn2C)cc1. The van der Waals surface area contributed by atoms with Crippen LogP contribution in [0.15, 0.2) is 24.3 Å². The highest BCUT2D eigenvalue weighted by Crippen LogP contribution is 2.18. The van der Waals surface area contributed by atoms with Crippen molar-refractivity contribution in [1.82, 2.24) is 20.2 Å². The van der Waals surface area contributed by atoms with Crippen LogP contribution >= 0.6 is 0 Å². The Morgan fingerprint density at radius 3 is 2.63 bits per heavy atom. The number of amides is 1. The molecule has 1 aromatic heterocycles. The van der Waals surface area contributed by atoms with Gasteiger partial charge >= 0.3 is 0 Å². The Labute approximate surface area is 111 Å². The molecule has 0 aliphatic heterocycles. The van der Waals surface area contributed by atoms with E-state index in [1.54, 1.807) is 11.7 Å². The van der Waals surface area contributed by atoms with Crippen LogP contribution in [0.4, 0.5) is 5.69 Å². The highest BCUT2D eigenvalue weighted by molar-refractivity contribution is 5.90. The Kier molecular flexibility index (Phi) is 4.22. The molecule has 100 valence electrons. The van der Waals surface area contributed by atoms with Crippen LogP contribution in [0.2, 0.25) is 0 Å². The summed E-state index contributed by atoms with van der Waals surface area (Å²) in [5.74, 6) is 0.749. The summed E-state index contributed by atoms with van der Waals surface area (Å²) in [4.78, 5) is 11.6. The minimum atomic E-state index is 0.0509. The first-order valence-corrected chi connectivity index (χ1v) is 6.33. The molecule has 1 amide bonds. The Morgan fingerprint density at radius 1 is 1.32 bits per heavy atom. The van der Waals surface area contributed by atoms with Crippen LogP contribution < -0.4 is 5.32 Å². The van der Waals surface area contributed by atoms with E-state index in [0.29, 0.717) is 12.2 Å². The van der Waals surface area contributed by atoms with Crippen molar-refractivity contribution in [1.29, 1.82) is 0 Å². The fourth-order valence-corrected chi connectivity index (χ4v) is 1.74. The third-order valence-corrected chi connectivity index (χ3v) is 2.80. The van der Waals surface area contributed by atoms with Crippen molar-refractivity contribution >= 4 is 11.6 Å². The summed E-state index contributed by atoms with van der Waals surface area (Å²) in [5.41, 5.74) is 1.71. The zero-order valence-corrected chi connectivity index (χ0v) is 11.1. The van der Waals surface area contributed by atoms with Gasteiger partial charge in [0.15, 0.2) is 5.82 Å². The summed E-state index contributed by atoms with van der Waals surface area (Å²) in [7, 11) is 1.79. The molecule has 2 aromatic rings. The fourth-order valence-electron chi connectivity index (χ4n) is 1.74. The van der Waals surface area contributed by atoms with E-state index >= 15 is 0 Å². The molecule has 0 aliphatic rings. The molecular formula is C13H17N5O. The molecule has 0 aliphatic carbocycles. The Balaban J connectivity index is 2.03. The number of rotatable bonds is 5. The predicted molar refractivity (Wildman–Crippen MR) is 72.4 cm³/mol. The van der Waals surface area contributed by atoms with Gasteiger partial charge in [0.2, 0.25) is 5.91 Å². The number of anilines is 1. The van der Waals surface area contributed by atoms with Gasteiger partial charge in [-0.15, -0.1) is 5.10 Å². The van der Waals surface area contributed by atoms with E-state index in [4.69, 9.17) is 0 Å². The molecule has 0 spiro atoms. The number of benzene rings is 1. The normalized spacial score (nSPS) is 10.4. The van der Waals surface area contributed by atoms with Gasteiger partial charge < -0.3 is 5.32 Å². The molecule has 0 radical (unpaired) electrons. The first kappa shape index (κ1) is 13.2. The molecule has 2 rings (SSSR count). The Morgan fingerprint density at radius 2 is 2.05 bits per heavy atom. The topological polar surface area (TPSA) is 72.7 Å². The molecule has 1 heterocycles. The van der Waals surface area contributed by atoms with Gasteiger partial charge in [0.25, 0.3) is 0 Å². The predicted octanol–water partition coefficient (Wildman–Crippen LogP) is 2.01. The molecule has 0 saturated carbocycles. The molecule has 1 aromatic carbocycles. The highest BCUT2D eigenvalue weighted by Gasteiger charge is 2.06. The number of hydrogen-bond acceptors (Lipinski definition) is 4. The van der Waals surface area contributed by atoms with E-state index in [1.165, 1.54) is 0 Å². The molecule has 19 heavy (non-hydrogen) atoms. The zero-order valence-electron chi connectivity index (χ0n) is 11.1. The number of carbonyl (C=O) groups excluding carboxylic acids is 1. The van der Waals surface area contributed by atoms with E-state index in [2.05, 4.69) is 27.8 Å². The maximum absolute atomic E-state index is 11.6. The van der Waals surface area contributed by atoms with Gasteiger partial charge in [0, 0.05) is 24.7 Å². The van der Waals surface area contributed by atoms with Gasteiger partial charge in [-0.25, -0.2) is 4.68 Å². The van der Waals surface area contributed by atoms with E-state index in [1.807, 2.05) is 24.3 Å². The number of hydrogen-bond donors (Lipinski definition) is 1. The van der Waals surface area contributed by atoms with Crippen LogP contribution in [0.5, 0.6) is 0 Å². The Bertz CT molecular complexity index is 546. The minimum absolute atomic E-state index is 0.0509. The van der Waals surface area contributed by atoms with Crippen molar-refractivity contribution in [3.8, 4) is 11.4 Å². The highest BCUT2D eigenvalue weighted by atomic mass is 16.1. The lowest BCUT2D eigenvalue weighted by Gasteiger charge is -2.05. The molecule has 6 heteroatoms.